The first-order chi connectivity index (χ1) is 13.8. The van der Waals surface area contributed by atoms with Crippen LogP contribution < -0.4 is 15.4 Å². The Kier molecular flexibility index (Phi) is 8.59. The standard InChI is InChI=1S/C19H26N4O4S2/c1-3-4-5-6-7-8-18(24)21-19(28)20-15-9-11-16(12-10-15)29(25,26)23-17-13-14(2)27-22-17/h9-13H,3-8H2,1-2H3,(H,22,23)(H2,20,21,24,28). The third kappa shape index (κ3) is 7.82. The summed E-state index contributed by atoms with van der Waals surface area (Å²) in [4.78, 5) is 12.0. The van der Waals surface area contributed by atoms with Crippen LogP contribution in [0.1, 0.15) is 51.2 Å². The summed E-state index contributed by atoms with van der Waals surface area (Å²) < 4.78 is 31.9. The molecule has 29 heavy (non-hydrogen) atoms. The predicted molar refractivity (Wildman–Crippen MR) is 116 cm³/mol. The van der Waals surface area contributed by atoms with Crippen molar-refractivity contribution >= 4 is 44.8 Å². The first-order valence-electron chi connectivity index (χ1n) is 9.47. The fraction of sp³-hybridized carbons (Fsp3) is 0.421. The van der Waals surface area contributed by atoms with Crippen LogP contribution in [0.3, 0.4) is 0 Å². The van der Waals surface area contributed by atoms with Crippen molar-refractivity contribution in [3.8, 4) is 0 Å². The van der Waals surface area contributed by atoms with E-state index in [1.165, 1.54) is 24.6 Å². The quantitative estimate of drug-likeness (QED) is 0.380. The van der Waals surface area contributed by atoms with Gasteiger partial charge in [-0.3, -0.25) is 9.52 Å². The molecule has 158 valence electrons. The molecule has 0 aliphatic heterocycles. The Morgan fingerprint density at radius 2 is 1.83 bits per heavy atom. The van der Waals surface area contributed by atoms with Gasteiger partial charge in [0.15, 0.2) is 10.9 Å². The molecule has 3 N–H and O–H groups in total. The second kappa shape index (κ2) is 10.9. The lowest BCUT2D eigenvalue weighted by Gasteiger charge is -2.10. The van der Waals surface area contributed by atoms with E-state index >= 15 is 0 Å². The van der Waals surface area contributed by atoms with E-state index in [1.807, 2.05) is 0 Å². The maximum Gasteiger partial charge on any atom is 0.263 e. The van der Waals surface area contributed by atoms with Crippen LogP contribution in [0.4, 0.5) is 11.5 Å². The minimum absolute atomic E-state index is 0.0609. The molecule has 10 heteroatoms. The molecular weight excluding hydrogens is 412 g/mol. The van der Waals surface area contributed by atoms with Crippen LogP contribution in [0.15, 0.2) is 39.8 Å². The number of sulfonamides is 1. The molecule has 1 aromatic heterocycles. The van der Waals surface area contributed by atoms with Gasteiger partial charge in [-0.15, -0.1) is 0 Å². The topological polar surface area (TPSA) is 113 Å². The molecule has 1 aromatic carbocycles. The van der Waals surface area contributed by atoms with E-state index in [4.69, 9.17) is 16.7 Å². The van der Waals surface area contributed by atoms with Gasteiger partial charge < -0.3 is 15.2 Å². The third-order valence-electron chi connectivity index (χ3n) is 4.05. The number of aryl methyl sites for hydroxylation is 1. The summed E-state index contributed by atoms with van der Waals surface area (Å²) in [7, 11) is -3.78. The van der Waals surface area contributed by atoms with E-state index in [-0.39, 0.29) is 21.7 Å². The number of thiocarbonyl (C=S) groups is 1. The van der Waals surface area contributed by atoms with Crippen molar-refractivity contribution in [3.05, 3.63) is 36.1 Å². The van der Waals surface area contributed by atoms with E-state index in [0.717, 1.165) is 25.7 Å². The Morgan fingerprint density at radius 1 is 1.14 bits per heavy atom. The molecule has 0 unspecified atom stereocenters. The fourth-order valence-electron chi connectivity index (χ4n) is 2.57. The van der Waals surface area contributed by atoms with Crippen LogP contribution in [-0.4, -0.2) is 24.6 Å². The minimum Gasteiger partial charge on any atom is -0.360 e. The minimum atomic E-state index is -3.78. The first kappa shape index (κ1) is 22.8. The molecule has 0 aliphatic rings. The number of benzene rings is 1. The Balaban J connectivity index is 1.83. The largest absolute Gasteiger partial charge is 0.360 e. The second-order valence-corrected chi connectivity index (χ2v) is 8.71. The third-order valence-corrected chi connectivity index (χ3v) is 5.62. The monoisotopic (exact) mass is 438 g/mol. The number of rotatable bonds is 10. The smallest absolute Gasteiger partial charge is 0.263 e. The van der Waals surface area contributed by atoms with Gasteiger partial charge in [-0.05, 0) is 49.8 Å². The molecular formula is C19H26N4O4S2. The first-order valence-corrected chi connectivity index (χ1v) is 11.4. The lowest BCUT2D eigenvalue weighted by atomic mass is 10.1. The fourth-order valence-corrected chi connectivity index (χ4v) is 3.78. The number of hydrogen-bond acceptors (Lipinski definition) is 6. The van der Waals surface area contributed by atoms with Crippen LogP contribution >= 0.6 is 12.2 Å². The average Bonchev–Trinajstić information content (AvgIpc) is 3.06. The van der Waals surface area contributed by atoms with Crippen molar-refractivity contribution in [1.82, 2.24) is 10.5 Å². The van der Waals surface area contributed by atoms with E-state index in [2.05, 4.69) is 27.4 Å². The zero-order valence-corrected chi connectivity index (χ0v) is 18.2. The summed E-state index contributed by atoms with van der Waals surface area (Å²) in [5, 5.41) is 9.29. The van der Waals surface area contributed by atoms with Gasteiger partial charge in [-0.25, -0.2) is 8.42 Å². The predicted octanol–water partition coefficient (Wildman–Crippen LogP) is 3.96. The van der Waals surface area contributed by atoms with Crippen molar-refractivity contribution in [2.24, 2.45) is 0 Å². The highest BCUT2D eigenvalue weighted by atomic mass is 32.2. The van der Waals surface area contributed by atoms with E-state index < -0.39 is 10.0 Å². The number of anilines is 2. The Morgan fingerprint density at radius 3 is 2.45 bits per heavy atom. The highest BCUT2D eigenvalue weighted by Gasteiger charge is 2.16. The number of unbranched alkanes of at least 4 members (excludes halogenated alkanes) is 4. The summed E-state index contributed by atoms with van der Waals surface area (Å²) >= 11 is 5.14. The molecule has 1 heterocycles. The zero-order chi connectivity index (χ0) is 21.3. The molecule has 8 nitrogen and oxygen atoms in total. The number of aromatic nitrogens is 1. The molecule has 2 aromatic rings. The Bertz CT molecular complexity index is 924. The number of amides is 1. The normalized spacial score (nSPS) is 11.1. The van der Waals surface area contributed by atoms with Gasteiger partial charge in [0, 0.05) is 18.2 Å². The number of hydrogen-bond donors (Lipinski definition) is 3. The van der Waals surface area contributed by atoms with Crippen molar-refractivity contribution < 1.29 is 17.7 Å². The van der Waals surface area contributed by atoms with Crippen LogP contribution in [0, 0.1) is 6.92 Å². The molecule has 0 atom stereocenters. The van der Waals surface area contributed by atoms with Gasteiger partial charge in [0.1, 0.15) is 5.76 Å². The summed E-state index contributed by atoms with van der Waals surface area (Å²) in [5.41, 5.74) is 0.564. The second-order valence-electron chi connectivity index (χ2n) is 6.62. The molecule has 0 saturated heterocycles. The lowest BCUT2D eigenvalue weighted by Crippen LogP contribution is -2.33. The van der Waals surface area contributed by atoms with Crippen molar-refractivity contribution in [2.45, 2.75) is 57.3 Å². The lowest BCUT2D eigenvalue weighted by molar-refractivity contribution is -0.119. The average molecular weight is 439 g/mol. The van der Waals surface area contributed by atoms with E-state index in [9.17, 15) is 13.2 Å². The van der Waals surface area contributed by atoms with Crippen molar-refractivity contribution in [1.29, 1.82) is 0 Å². The van der Waals surface area contributed by atoms with Crippen LogP contribution in [0.5, 0.6) is 0 Å². The molecule has 1 amide bonds. The molecule has 0 aliphatic carbocycles. The van der Waals surface area contributed by atoms with Gasteiger partial charge in [0.05, 0.1) is 4.90 Å². The van der Waals surface area contributed by atoms with E-state index in [0.29, 0.717) is 17.9 Å². The number of carbonyl (C=O) groups excluding carboxylic acids is 1. The molecule has 0 fully saturated rings. The summed E-state index contributed by atoms with van der Waals surface area (Å²) in [6.07, 6.45) is 5.76. The number of nitrogens with zero attached hydrogens (tertiary/aromatic N) is 1. The Labute approximate surface area is 176 Å². The summed E-state index contributed by atoms with van der Waals surface area (Å²) in [6, 6.07) is 7.46. The zero-order valence-electron chi connectivity index (χ0n) is 16.5. The maximum atomic E-state index is 12.4. The number of nitrogens with one attached hydrogen (secondary N) is 3. The van der Waals surface area contributed by atoms with Crippen LogP contribution in [0.2, 0.25) is 0 Å². The molecule has 0 saturated carbocycles. The van der Waals surface area contributed by atoms with Crippen LogP contribution in [-0.2, 0) is 14.8 Å². The molecule has 0 bridgehead atoms. The maximum absolute atomic E-state index is 12.4. The Hall–Kier alpha value is -2.46. The molecule has 2 rings (SSSR count). The highest BCUT2D eigenvalue weighted by Crippen LogP contribution is 2.18. The van der Waals surface area contributed by atoms with Crippen LogP contribution in [0.25, 0.3) is 0 Å². The highest BCUT2D eigenvalue weighted by molar-refractivity contribution is 7.92. The summed E-state index contributed by atoms with van der Waals surface area (Å²) in [5.74, 6) is 0.479. The van der Waals surface area contributed by atoms with Gasteiger partial charge >= 0.3 is 0 Å². The van der Waals surface area contributed by atoms with Gasteiger partial charge in [-0.1, -0.05) is 37.8 Å². The number of carbonyl (C=O) groups is 1. The molecule has 0 spiro atoms. The van der Waals surface area contributed by atoms with Crippen molar-refractivity contribution in [2.75, 3.05) is 10.0 Å². The van der Waals surface area contributed by atoms with Gasteiger partial charge in [0.25, 0.3) is 10.0 Å². The summed E-state index contributed by atoms with van der Waals surface area (Å²) in [6.45, 7) is 3.81. The van der Waals surface area contributed by atoms with Crippen molar-refractivity contribution in [3.63, 3.8) is 0 Å². The molecule has 0 radical (unpaired) electrons. The van der Waals surface area contributed by atoms with E-state index in [1.54, 1.807) is 19.1 Å². The van der Waals surface area contributed by atoms with Gasteiger partial charge in [0.2, 0.25) is 5.91 Å². The SMILES string of the molecule is CCCCCCCC(=O)NC(=S)Nc1ccc(S(=O)(=O)Nc2cc(C)on2)cc1. The van der Waals surface area contributed by atoms with Gasteiger partial charge in [-0.2, -0.15) is 0 Å².